The Morgan fingerprint density at radius 3 is 2.92 bits per heavy atom. The lowest BCUT2D eigenvalue weighted by molar-refractivity contribution is 0.118. The molecule has 0 radical (unpaired) electrons. The van der Waals surface area contributed by atoms with Crippen molar-refractivity contribution in [3.05, 3.63) is 0 Å². The summed E-state index contributed by atoms with van der Waals surface area (Å²) in [4.78, 5) is 5.04. The molecule has 1 heterocycles. The lowest BCUT2D eigenvalue weighted by atomic mass is 10.2. The zero-order valence-corrected chi connectivity index (χ0v) is 7.58. The lowest BCUT2D eigenvalue weighted by Gasteiger charge is -2.07. The van der Waals surface area contributed by atoms with E-state index in [0.29, 0.717) is 13.2 Å². The SMILES string of the molecule is CC(C)=NOC[C@@H]1C[C@H](O)CN1. The number of β-amino-alcohol motifs (C(OH)–C–C–N with tert-alkyl or cyclic N) is 1. The molecule has 1 saturated heterocycles. The number of hydrogen-bond donors (Lipinski definition) is 2. The number of nitrogens with zero attached hydrogens (tertiary/aromatic N) is 1. The van der Waals surface area contributed by atoms with Crippen LogP contribution in [0.15, 0.2) is 5.16 Å². The van der Waals surface area contributed by atoms with E-state index in [4.69, 9.17) is 9.94 Å². The van der Waals surface area contributed by atoms with Crippen LogP contribution in [0.3, 0.4) is 0 Å². The number of nitrogens with one attached hydrogen (secondary N) is 1. The quantitative estimate of drug-likeness (QED) is 0.469. The molecule has 1 aliphatic heterocycles. The third-order valence-corrected chi connectivity index (χ3v) is 1.72. The summed E-state index contributed by atoms with van der Waals surface area (Å²) in [5.74, 6) is 0. The van der Waals surface area contributed by atoms with Crippen molar-refractivity contribution in [1.82, 2.24) is 5.32 Å². The largest absolute Gasteiger partial charge is 0.394 e. The van der Waals surface area contributed by atoms with Crippen molar-refractivity contribution < 1.29 is 9.94 Å². The molecule has 0 bridgehead atoms. The predicted octanol–water partition coefficient (Wildman–Crippen LogP) is 0.122. The molecule has 0 spiro atoms. The molecule has 2 N–H and O–H groups in total. The van der Waals surface area contributed by atoms with E-state index < -0.39 is 0 Å². The molecule has 2 atom stereocenters. The zero-order valence-electron chi connectivity index (χ0n) is 7.58. The maximum Gasteiger partial charge on any atom is 0.132 e. The lowest BCUT2D eigenvalue weighted by Crippen LogP contribution is -2.25. The summed E-state index contributed by atoms with van der Waals surface area (Å²) < 4.78 is 0. The Balaban J connectivity index is 2.12. The third kappa shape index (κ3) is 3.19. The van der Waals surface area contributed by atoms with Gasteiger partial charge in [0, 0.05) is 12.6 Å². The zero-order chi connectivity index (χ0) is 8.97. The summed E-state index contributed by atoms with van der Waals surface area (Å²) in [5.41, 5.74) is 0.911. The predicted molar refractivity (Wildman–Crippen MR) is 47.1 cm³/mol. The van der Waals surface area contributed by atoms with Gasteiger partial charge in [-0.2, -0.15) is 0 Å². The molecule has 0 aromatic heterocycles. The van der Waals surface area contributed by atoms with Gasteiger partial charge >= 0.3 is 0 Å². The van der Waals surface area contributed by atoms with Crippen LogP contribution in [0.25, 0.3) is 0 Å². The Hall–Kier alpha value is -0.610. The van der Waals surface area contributed by atoms with Gasteiger partial charge in [-0.3, -0.25) is 0 Å². The molecule has 0 saturated carbocycles. The molecule has 4 heteroatoms. The number of rotatable bonds is 3. The molecule has 4 nitrogen and oxygen atoms in total. The molecule has 1 aliphatic rings. The van der Waals surface area contributed by atoms with Gasteiger partial charge in [0.05, 0.1) is 11.8 Å². The fourth-order valence-electron chi connectivity index (χ4n) is 1.18. The summed E-state index contributed by atoms with van der Waals surface area (Å²) in [5, 5.41) is 16.1. The van der Waals surface area contributed by atoms with E-state index >= 15 is 0 Å². The first-order valence-electron chi connectivity index (χ1n) is 4.23. The van der Waals surface area contributed by atoms with Crippen LogP contribution in [0.1, 0.15) is 20.3 Å². The highest BCUT2D eigenvalue weighted by Gasteiger charge is 2.22. The molecule has 1 rings (SSSR count). The van der Waals surface area contributed by atoms with E-state index in [2.05, 4.69) is 10.5 Å². The van der Waals surface area contributed by atoms with Crippen LogP contribution in [-0.4, -0.2) is 36.1 Å². The average Bonchev–Trinajstić information content (AvgIpc) is 2.35. The van der Waals surface area contributed by atoms with Gasteiger partial charge in [0.1, 0.15) is 6.61 Å². The minimum Gasteiger partial charge on any atom is -0.394 e. The van der Waals surface area contributed by atoms with Gasteiger partial charge in [-0.25, -0.2) is 0 Å². The molecule has 0 aromatic rings. The molecule has 0 aromatic carbocycles. The normalized spacial score (nSPS) is 28.6. The second-order valence-electron chi connectivity index (χ2n) is 3.33. The van der Waals surface area contributed by atoms with E-state index in [9.17, 15) is 0 Å². The Labute approximate surface area is 72.6 Å². The minimum absolute atomic E-state index is 0.217. The van der Waals surface area contributed by atoms with Crippen molar-refractivity contribution in [1.29, 1.82) is 0 Å². The van der Waals surface area contributed by atoms with Crippen LogP contribution >= 0.6 is 0 Å². The smallest absolute Gasteiger partial charge is 0.132 e. The van der Waals surface area contributed by atoms with E-state index in [-0.39, 0.29) is 12.1 Å². The molecule has 0 unspecified atom stereocenters. The molecule has 1 fully saturated rings. The topological polar surface area (TPSA) is 53.9 Å². The number of hydrogen-bond acceptors (Lipinski definition) is 4. The summed E-state index contributed by atoms with van der Waals surface area (Å²) >= 11 is 0. The molecule has 12 heavy (non-hydrogen) atoms. The monoisotopic (exact) mass is 172 g/mol. The van der Waals surface area contributed by atoms with Crippen molar-refractivity contribution >= 4 is 5.71 Å². The second-order valence-corrected chi connectivity index (χ2v) is 3.33. The van der Waals surface area contributed by atoms with Crippen LogP contribution in [-0.2, 0) is 4.84 Å². The summed E-state index contributed by atoms with van der Waals surface area (Å²) in [7, 11) is 0. The van der Waals surface area contributed by atoms with Gasteiger partial charge in [0.2, 0.25) is 0 Å². The average molecular weight is 172 g/mol. The van der Waals surface area contributed by atoms with E-state index in [1.807, 2.05) is 13.8 Å². The van der Waals surface area contributed by atoms with Crippen LogP contribution in [0.5, 0.6) is 0 Å². The highest BCUT2D eigenvalue weighted by Crippen LogP contribution is 2.06. The van der Waals surface area contributed by atoms with Crippen molar-refractivity contribution in [3.63, 3.8) is 0 Å². The molecular formula is C8H16N2O2. The van der Waals surface area contributed by atoms with Crippen molar-refractivity contribution in [3.8, 4) is 0 Å². The molecular weight excluding hydrogens is 156 g/mol. The first-order chi connectivity index (χ1) is 5.68. The summed E-state index contributed by atoms with van der Waals surface area (Å²) in [6.45, 7) is 4.99. The number of aliphatic hydroxyl groups is 1. The summed E-state index contributed by atoms with van der Waals surface area (Å²) in [6, 6.07) is 0.253. The molecule has 0 aliphatic carbocycles. The highest BCUT2D eigenvalue weighted by atomic mass is 16.6. The first-order valence-corrected chi connectivity index (χ1v) is 4.23. The minimum atomic E-state index is -0.217. The van der Waals surface area contributed by atoms with E-state index in [0.717, 1.165) is 12.1 Å². The maximum absolute atomic E-state index is 9.15. The Kier molecular flexibility index (Phi) is 3.49. The van der Waals surface area contributed by atoms with Crippen LogP contribution < -0.4 is 5.32 Å². The van der Waals surface area contributed by atoms with Gasteiger partial charge in [-0.1, -0.05) is 5.16 Å². The van der Waals surface area contributed by atoms with Crippen LogP contribution in [0, 0.1) is 0 Å². The standard InChI is InChI=1S/C8H16N2O2/c1-6(2)10-12-5-7-3-8(11)4-9-7/h7-9,11H,3-5H2,1-2H3/t7-,8-/m0/s1. The fourth-order valence-corrected chi connectivity index (χ4v) is 1.18. The van der Waals surface area contributed by atoms with E-state index in [1.54, 1.807) is 0 Å². The van der Waals surface area contributed by atoms with Gasteiger partial charge < -0.3 is 15.3 Å². The molecule has 0 amide bonds. The van der Waals surface area contributed by atoms with Crippen LogP contribution in [0.2, 0.25) is 0 Å². The Morgan fingerprint density at radius 1 is 1.67 bits per heavy atom. The van der Waals surface area contributed by atoms with Gasteiger partial charge in [0.25, 0.3) is 0 Å². The second kappa shape index (κ2) is 4.42. The van der Waals surface area contributed by atoms with E-state index in [1.165, 1.54) is 0 Å². The van der Waals surface area contributed by atoms with Gasteiger partial charge in [-0.15, -0.1) is 0 Å². The van der Waals surface area contributed by atoms with Crippen molar-refractivity contribution in [2.45, 2.75) is 32.4 Å². The fraction of sp³-hybridized carbons (Fsp3) is 0.875. The van der Waals surface area contributed by atoms with Crippen LogP contribution in [0.4, 0.5) is 0 Å². The van der Waals surface area contributed by atoms with Gasteiger partial charge in [0.15, 0.2) is 0 Å². The third-order valence-electron chi connectivity index (χ3n) is 1.72. The Bertz CT molecular complexity index is 166. The summed E-state index contributed by atoms with van der Waals surface area (Å²) in [6.07, 6.45) is 0.545. The number of oxime groups is 1. The highest BCUT2D eigenvalue weighted by molar-refractivity contribution is 5.78. The van der Waals surface area contributed by atoms with Gasteiger partial charge in [-0.05, 0) is 20.3 Å². The first kappa shape index (κ1) is 9.48. The maximum atomic E-state index is 9.15. The van der Waals surface area contributed by atoms with Crippen molar-refractivity contribution in [2.24, 2.45) is 5.16 Å². The molecule has 70 valence electrons. The number of aliphatic hydroxyl groups excluding tert-OH is 1. The Morgan fingerprint density at radius 2 is 2.42 bits per heavy atom. The van der Waals surface area contributed by atoms with Crippen molar-refractivity contribution in [2.75, 3.05) is 13.2 Å².